The highest BCUT2D eigenvalue weighted by atomic mass is 35.5. The van der Waals surface area contributed by atoms with Crippen molar-refractivity contribution in [2.24, 2.45) is 0 Å². The molecule has 0 radical (unpaired) electrons. The van der Waals surface area contributed by atoms with Crippen LogP contribution in [0, 0.1) is 11.6 Å². The zero-order valence-corrected chi connectivity index (χ0v) is 13.8. The molecule has 1 aliphatic heterocycles. The second-order valence-electron chi connectivity index (χ2n) is 5.82. The Labute approximate surface area is 144 Å². The number of carbonyl (C=O) groups excluding carboxylic acids is 1. The van der Waals surface area contributed by atoms with Crippen LogP contribution in [0.25, 0.3) is 0 Å². The van der Waals surface area contributed by atoms with E-state index in [9.17, 15) is 13.6 Å². The summed E-state index contributed by atoms with van der Waals surface area (Å²) in [5, 5.41) is 0.702. The Balaban J connectivity index is 1.59. The first-order valence-electron chi connectivity index (χ1n) is 7.74. The van der Waals surface area contributed by atoms with Crippen molar-refractivity contribution in [1.29, 1.82) is 0 Å². The van der Waals surface area contributed by atoms with Gasteiger partial charge in [-0.3, -0.25) is 9.69 Å². The molecule has 0 spiro atoms. The molecule has 3 rings (SSSR count). The van der Waals surface area contributed by atoms with Gasteiger partial charge in [-0.25, -0.2) is 8.78 Å². The summed E-state index contributed by atoms with van der Waals surface area (Å²) in [5.74, 6) is -1.90. The summed E-state index contributed by atoms with van der Waals surface area (Å²) in [4.78, 5) is 16.2. The van der Waals surface area contributed by atoms with Crippen LogP contribution in [0.15, 0.2) is 42.5 Å². The minimum Gasteiger partial charge on any atom is -0.336 e. The molecule has 1 heterocycles. The van der Waals surface area contributed by atoms with Gasteiger partial charge in [-0.1, -0.05) is 23.7 Å². The summed E-state index contributed by atoms with van der Waals surface area (Å²) in [7, 11) is 0. The van der Waals surface area contributed by atoms with Crippen LogP contribution in [-0.2, 0) is 6.54 Å². The highest BCUT2D eigenvalue weighted by Crippen LogP contribution is 2.16. The third kappa shape index (κ3) is 3.91. The van der Waals surface area contributed by atoms with Gasteiger partial charge in [0.2, 0.25) is 0 Å². The highest BCUT2D eigenvalue weighted by molar-refractivity contribution is 6.30. The van der Waals surface area contributed by atoms with Crippen molar-refractivity contribution in [3.63, 3.8) is 0 Å². The molecule has 0 unspecified atom stereocenters. The summed E-state index contributed by atoms with van der Waals surface area (Å²) >= 11 is 5.99. The second-order valence-corrected chi connectivity index (χ2v) is 6.26. The topological polar surface area (TPSA) is 23.6 Å². The van der Waals surface area contributed by atoms with Gasteiger partial charge in [-0.2, -0.15) is 0 Å². The molecule has 3 nitrogen and oxygen atoms in total. The van der Waals surface area contributed by atoms with E-state index < -0.39 is 17.5 Å². The molecular weight excluding hydrogens is 334 g/mol. The standard InChI is InChI=1S/C18H17ClF2N2O/c19-14-3-1-2-13(10-14)12-22-6-8-23(9-7-22)18(24)16-5-4-15(20)11-17(16)21/h1-5,10-11H,6-9,12H2. The summed E-state index contributed by atoms with van der Waals surface area (Å²) in [5.41, 5.74) is 1.03. The van der Waals surface area contributed by atoms with Crippen LogP contribution in [0.2, 0.25) is 5.02 Å². The third-order valence-corrected chi connectivity index (χ3v) is 4.35. The molecule has 0 aliphatic carbocycles. The van der Waals surface area contributed by atoms with Gasteiger partial charge in [0, 0.05) is 43.8 Å². The van der Waals surface area contributed by atoms with Gasteiger partial charge < -0.3 is 4.90 Å². The number of piperazine rings is 1. The molecule has 0 atom stereocenters. The minimum absolute atomic E-state index is 0.0836. The lowest BCUT2D eigenvalue weighted by Crippen LogP contribution is -2.48. The fraction of sp³-hybridized carbons (Fsp3) is 0.278. The van der Waals surface area contributed by atoms with Crippen LogP contribution in [0.3, 0.4) is 0 Å². The van der Waals surface area contributed by atoms with Crippen LogP contribution in [0.4, 0.5) is 8.78 Å². The SMILES string of the molecule is O=C(c1ccc(F)cc1F)N1CCN(Cc2cccc(Cl)c2)CC1. The number of amides is 1. The third-order valence-electron chi connectivity index (χ3n) is 4.12. The van der Waals surface area contributed by atoms with Gasteiger partial charge in [-0.05, 0) is 29.8 Å². The molecule has 1 fully saturated rings. The predicted octanol–water partition coefficient (Wildman–Crippen LogP) is 3.58. The van der Waals surface area contributed by atoms with Crippen LogP contribution in [0.1, 0.15) is 15.9 Å². The van der Waals surface area contributed by atoms with Crippen molar-refractivity contribution in [2.75, 3.05) is 26.2 Å². The molecule has 2 aromatic carbocycles. The summed E-state index contributed by atoms with van der Waals surface area (Å²) < 4.78 is 26.7. The lowest BCUT2D eigenvalue weighted by molar-refractivity contribution is 0.0624. The van der Waals surface area contributed by atoms with Gasteiger partial charge in [0.15, 0.2) is 0 Å². The summed E-state index contributed by atoms with van der Waals surface area (Å²) in [6.45, 7) is 3.17. The monoisotopic (exact) mass is 350 g/mol. The quantitative estimate of drug-likeness (QED) is 0.844. The first-order valence-corrected chi connectivity index (χ1v) is 8.12. The number of hydrogen-bond donors (Lipinski definition) is 0. The van der Waals surface area contributed by atoms with E-state index in [0.29, 0.717) is 31.2 Å². The Morgan fingerprint density at radius 3 is 2.46 bits per heavy atom. The number of benzene rings is 2. The maximum Gasteiger partial charge on any atom is 0.256 e. The maximum atomic E-state index is 13.7. The smallest absolute Gasteiger partial charge is 0.256 e. The number of hydrogen-bond acceptors (Lipinski definition) is 2. The van der Waals surface area contributed by atoms with E-state index in [2.05, 4.69) is 4.90 Å². The van der Waals surface area contributed by atoms with Crippen LogP contribution in [-0.4, -0.2) is 41.9 Å². The Morgan fingerprint density at radius 1 is 1.04 bits per heavy atom. The lowest BCUT2D eigenvalue weighted by atomic mass is 10.1. The second kappa shape index (κ2) is 7.28. The molecule has 0 bridgehead atoms. The molecule has 2 aromatic rings. The Kier molecular flexibility index (Phi) is 5.11. The largest absolute Gasteiger partial charge is 0.336 e. The van der Waals surface area contributed by atoms with E-state index in [0.717, 1.165) is 24.2 Å². The predicted molar refractivity (Wildman–Crippen MR) is 89.0 cm³/mol. The van der Waals surface area contributed by atoms with Gasteiger partial charge in [0.1, 0.15) is 11.6 Å². The first kappa shape index (κ1) is 16.9. The van der Waals surface area contributed by atoms with E-state index in [1.165, 1.54) is 6.07 Å². The van der Waals surface area contributed by atoms with Crippen molar-refractivity contribution in [2.45, 2.75) is 6.54 Å². The molecule has 24 heavy (non-hydrogen) atoms. The average Bonchev–Trinajstić information content (AvgIpc) is 2.55. The van der Waals surface area contributed by atoms with Gasteiger partial charge in [0.05, 0.1) is 5.56 Å². The average molecular weight is 351 g/mol. The van der Waals surface area contributed by atoms with E-state index in [4.69, 9.17) is 11.6 Å². The number of halogens is 3. The van der Waals surface area contributed by atoms with E-state index >= 15 is 0 Å². The Bertz CT molecular complexity index is 746. The molecule has 1 amide bonds. The number of carbonyl (C=O) groups is 1. The maximum absolute atomic E-state index is 13.7. The van der Waals surface area contributed by atoms with Gasteiger partial charge >= 0.3 is 0 Å². The fourth-order valence-corrected chi connectivity index (χ4v) is 3.05. The normalized spacial score (nSPS) is 15.5. The van der Waals surface area contributed by atoms with Crippen molar-refractivity contribution in [1.82, 2.24) is 9.80 Å². The zero-order chi connectivity index (χ0) is 17.1. The number of rotatable bonds is 3. The Hall–Kier alpha value is -1.98. The number of nitrogens with zero attached hydrogens (tertiary/aromatic N) is 2. The van der Waals surface area contributed by atoms with Crippen molar-refractivity contribution < 1.29 is 13.6 Å². The molecule has 6 heteroatoms. The molecule has 0 saturated carbocycles. The molecule has 1 aliphatic rings. The lowest BCUT2D eigenvalue weighted by Gasteiger charge is -2.34. The van der Waals surface area contributed by atoms with Crippen molar-refractivity contribution in [3.05, 3.63) is 70.2 Å². The van der Waals surface area contributed by atoms with Crippen LogP contribution < -0.4 is 0 Å². The van der Waals surface area contributed by atoms with Gasteiger partial charge in [0.25, 0.3) is 5.91 Å². The summed E-state index contributed by atoms with van der Waals surface area (Å²) in [6.07, 6.45) is 0. The zero-order valence-electron chi connectivity index (χ0n) is 13.0. The fourth-order valence-electron chi connectivity index (χ4n) is 2.84. The molecule has 0 aromatic heterocycles. The van der Waals surface area contributed by atoms with Crippen molar-refractivity contribution >= 4 is 17.5 Å². The van der Waals surface area contributed by atoms with E-state index in [-0.39, 0.29) is 5.56 Å². The van der Waals surface area contributed by atoms with Crippen LogP contribution in [0.5, 0.6) is 0 Å². The Morgan fingerprint density at radius 2 is 1.79 bits per heavy atom. The molecule has 0 N–H and O–H groups in total. The molecular formula is C18H17ClF2N2O. The van der Waals surface area contributed by atoms with E-state index in [1.807, 2.05) is 24.3 Å². The van der Waals surface area contributed by atoms with E-state index in [1.54, 1.807) is 4.90 Å². The summed E-state index contributed by atoms with van der Waals surface area (Å²) in [6, 6.07) is 10.7. The van der Waals surface area contributed by atoms with Gasteiger partial charge in [-0.15, -0.1) is 0 Å². The molecule has 126 valence electrons. The van der Waals surface area contributed by atoms with Crippen molar-refractivity contribution in [3.8, 4) is 0 Å². The first-order chi connectivity index (χ1) is 11.5. The molecule has 1 saturated heterocycles. The highest BCUT2D eigenvalue weighted by Gasteiger charge is 2.24. The minimum atomic E-state index is -0.818. The van der Waals surface area contributed by atoms with Crippen LogP contribution >= 0.6 is 11.6 Å².